The van der Waals surface area contributed by atoms with Crippen LogP contribution in [0.3, 0.4) is 0 Å². The highest BCUT2D eigenvalue weighted by molar-refractivity contribution is 7.78. The van der Waals surface area contributed by atoms with Crippen molar-refractivity contribution in [1.82, 2.24) is 5.01 Å². The molecule has 2 rings (SSSR count). The lowest BCUT2D eigenvalue weighted by molar-refractivity contribution is 0.301. The Hall–Kier alpha value is -1.29. The molecule has 0 atom stereocenters. The van der Waals surface area contributed by atoms with Crippen LogP contribution in [0, 0.1) is 0 Å². The van der Waals surface area contributed by atoms with Gasteiger partial charge in [0.15, 0.2) is 6.73 Å². The van der Waals surface area contributed by atoms with Crippen LogP contribution in [0.15, 0.2) is 24.3 Å². The number of hydrogen-bond acceptors (Lipinski definition) is 3. The molecule has 0 bridgehead atoms. The van der Waals surface area contributed by atoms with Crippen LogP contribution >= 0.6 is 12.2 Å². The van der Waals surface area contributed by atoms with Gasteiger partial charge in [-0.2, -0.15) is 0 Å². The standard InChI is InChI=1S/C9H10N2OS/c1-10(7-13)11-6-12-9-5-3-2-4-8(9)11/h2-5,7H,6H2,1H3. The molecule has 3 nitrogen and oxygen atoms in total. The highest BCUT2D eigenvalue weighted by Gasteiger charge is 2.21. The third-order valence-electron chi connectivity index (χ3n) is 2.02. The van der Waals surface area contributed by atoms with E-state index in [0.29, 0.717) is 6.73 Å². The van der Waals surface area contributed by atoms with Crippen molar-refractivity contribution in [2.24, 2.45) is 0 Å². The zero-order valence-corrected chi connectivity index (χ0v) is 8.12. The Bertz CT molecular complexity index is 329. The molecule has 1 heterocycles. The predicted octanol–water partition coefficient (Wildman–Crippen LogP) is 1.65. The first kappa shape index (κ1) is 8.31. The molecule has 0 N–H and O–H groups in total. The minimum Gasteiger partial charge on any atom is -0.469 e. The lowest BCUT2D eigenvalue weighted by Gasteiger charge is -2.25. The van der Waals surface area contributed by atoms with Crippen LogP contribution in [0.2, 0.25) is 0 Å². The topological polar surface area (TPSA) is 15.7 Å². The third-order valence-corrected chi connectivity index (χ3v) is 2.32. The molecule has 1 aliphatic heterocycles. The van der Waals surface area contributed by atoms with Gasteiger partial charge in [-0.25, -0.2) is 5.01 Å². The highest BCUT2D eigenvalue weighted by Crippen LogP contribution is 2.33. The number of hydrogen-bond donors (Lipinski definition) is 0. The molecule has 0 unspecified atom stereocenters. The van der Waals surface area contributed by atoms with Crippen molar-refractivity contribution in [2.45, 2.75) is 0 Å². The number of thiocarbonyl (C=S) groups is 1. The van der Waals surface area contributed by atoms with Gasteiger partial charge in [-0.3, -0.25) is 5.01 Å². The van der Waals surface area contributed by atoms with E-state index in [9.17, 15) is 0 Å². The van der Waals surface area contributed by atoms with Crippen LogP contribution in [0.4, 0.5) is 5.69 Å². The monoisotopic (exact) mass is 194 g/mol. The molecule has 0 radical (unpaired) electrons. The van der Waals surface area contributed by atoms with Gasteiger partial charge in [0, 0.05) is 7.05 Å². The Morgan fingerprint density at radius 2 is 2.31 bits per heavy atom. The summed E-state index contributed by atoms with van der Waals surface area (Å²) in [5.74, 6) is 0.909. The smallest absolute Gasteiger partial charge is 0.179 e. The molecule has 0 fully saturated rings. The van der Waals surface area contributed by atoms with Crippen LogP contribution < -0.4 is 9.75 Å². The van der Waals surface area contributed by atoms with Gasteiger partial charge in [-0.15, -0.1) is 0 Å². The fourth-order valence-corrected chi connectivity index (χ4v) is 1.42. The summed E-state index contributed by atoms with van der Waals surface area (Å²) in [6.07, 6.45) is 0. The molecule has 68 valence electrons. The van der Waals surface area contributed by atoms with E-state index in [1.54, 1.807) is 5.49 Å². The average Bonchev–Trinajstić information content (AvgIpc) is 2.60. The van der Waals surface area contributed by atoms with E-state index in [4.69, 9.17) is 17.0 Å². The van der Waals surface area contributed by atoms with Crippen LogP contribution in [-0.4, -0.2) is 24.3 Å². The molecule has 0 aromatic heterocycles. The number of ether oxygens (including phenoxy) is 1. The number of para-hydroxylation sites is 2. The number of fused-ring (bicyclic) bond motifs is 1. The third kappa shape index (κ3) is 1.33. The van der Waals surface area contributed by atoms with Gasteiger partial charge in [0.1, 0.15) is 11.4 Å². The minimum absolute atomic E-state index is 0.531. The lowest BCUT2D eigenvalue weighted by atomic mass is 10.3. The number of rotatable bonds is 2. The van der Waals surface area contributed by atoms with Crippen LogP contribution in [0.5, 0.6) is 5.75 Å². The highest BCUT2D eigenvalue weighted by atomic mass is 32.1. The van der Waals surface area contributed by atoms with E-state index in [-0.39, 0.29) is 0 Å². The van der Waals surface area contributed by atoms with Crippen molar-refractivity contribution in [3.63, 3.8) is 0 Å². The van der Waals surface area contributed by atoms with Crippen molar-refractivity contribution < 1.29 is 4.74 Å². The van der Waals surface area contributed by atoms with Gasteiger partial charge in [0.2, 0.25) is 0 Å². The molecule has 13 heavy (non-hydrogen) atoms. The molecule has 0 saturated carbocycles. The van der Waals surface area contributed by atoms with E-state index in [1.165, 1.54) is 0 Å². The van der Waals surface area contributed by atoms with Gasteiger partial charge in [0.25, 0.3) is 0 Å². The maximum Gasteiger partial charge on any atom is 0.179 e. The van der Waals surface area contributed by atoms with E-state index in [2.05, 4.69) is 0 Å². The Kier molecular flexibility index (Phi) is 2.06. The molecular weight excluding hydrogens is 184 g/mol. The summed E-state index contributed by atoms with van der Waals surface area (Å²) >= 11 is 4.84. The lowest BCUT2D eigenvalue weighted by Crippen LogP contribution is -2.37. The Morgan fingerprint density at radius 1 is 1.54 bits per heavy atom. The molecule has 1 aromatic rings. The van der Waals surface area contributed by atoms with Crippen LogP contribution in [-0.2, 0) is 0 Å². The fourth-order valence-electron chi connectivity index (χ4n) is 1.31. The molecule has 1 aromatic carbocycles. The van der Waals surface area contributed by atoms with Gasteiger partial charge in [-0.1, -0.05) is 24.4 Å². The van der Waals surface area contributed by atoms with E-state index < -0.39 is 0 Å². The predicted molar refractivity (Wildman–Crippen MR) is 55.8 cm³/mol. The summed E-state index contributed by atoms with van der Waals surface area (Å²) in [7, 11) is 1.90. The second-order valence-electron chi connectivity index (χ2n) is 2.82. The van der Waals surface area contributed by atoms with Crippen molar-refractivity contribution in [2.75, 3.05) is 18.8 Å². The summed E-state index contributed by atoms with van der Waals surface area (Å²) in [5, 5.41) is 3.81. The summed E-state index contributed by atoms with van der Waals surface area (Å²) in [4.78, 5) is 0. The number of nitrogens with zero attached hydrogens (tertiary/aromatic N) is 2. The van der Waals surface area contributed by atoms with E-state index >= 15 is 0 Å². The molecule has 0 aliphatic carbocycles. The van der Waals surface area contributed by atoms with Gasteiger partial charge in [0.05, 0.1) is 5.49 Å². The average molecular weight is 194 g/mol. The Morgan fingerprint density at radius 3 is 3.08 bits per heavy atom. The van der Waals surface area contributed by atoms with Crippen LogP contribution in [0.25, 0.3) is 0 Å². The Labute approximate surface area is 82.5 Å². The molecule has 0 amide bonds. The van der Waals surface area contributed by atoms with Crippen LogP contribution in [0.1, 0.15) is 0 Å². The molecule has 1 aliphatic rings. The maximum atomic E-state index is 5.45. The minimum atomic E-state index is 0.531. The second-order valence-corrected chi connectivity index (χ2v) is 3.03. The number of anilines is 1. The second kappa shape index (κ2) is 3.22. The van der Waals surface area contributed by atoms with E-state index in [1.807, 2.05) is 41.3 Å². The van der Waals surface area contributed by atoms with Gasteiger partial charge in [-0.05, 0) is 12.1 Å². The van der Waals surface area contributed by atoms with Crippen molar-refractivity contribution in [1.29, 1.82) is 0 Å². The normalized spacial score (nSPS) is 13.5. The van der Waals surface area contributed by atoms with E-state index in [0.717, 1.165) is 11.4 Å². The zero-order valence-electron chi connectivity index (χ0n) is 7.30. The number of hydrazine groups is 1. The first-order valence-electron chi connectivity index (χ1n) is 4.00. The zero-order chi connectivity index (χ0) is 9.26. The SMILES string of the molecule is CN(C=S)N1COc2ccccc21. The summed E-state index contributed by atoms with van der Waals surface area (Å²) in [5.41, 5.74) is 2.65. The summed E-state index contributed by atoms with van der Waals surface area (Å²) in [6.45, 7) is 0.531. The molecular formula is C9H10N2OS. The molecule has 0 saturated heterocycles. The van der Waals surface area contributed by atoms with Gasteiger partial charge < -0.3 is 4.74 Å². The molecule has 4 heteroatoms. The number of benzene rings is 1. The van der Waals surface area contributed by atoms with Crippen molar-refractivity contribution >= 4 is 23.4 Å². The first-order chi connectivity index (χ1) is 6.33. The largest absolute Gasteiger partial charge is 0.469 e. The Balaban J connectivity index is 2.33. The summed E-state index contributed by atoms with van der Waals surface area (Å²) < 4.78 is 5.45. The maximum absolute atomic E-state index is 5.45. The first-order valence-corrected chi connectivity index (χ1v) is 4.47. The van der Waals surface area contributed by atoms with Crippen molar-refractivity contribution in [3.05, 3.63) is 24.3 Å². The quantitative estimate of drug-likeness (QED) is 0.665. The molecule has 0 spiro atoms. The van der Waals surface area contributed by atoms with Gasteiger partial charge >= 0.3 is 0 Å². The fraction of sp³-hybridized carbons (Fsp3) is 0.222. The summed E-state index contributed by atoms with van der Waals surface area (Å²) in [6, 6.07) is 7.90. The van der Waals surface area contributed by atoms with Crippen molar-refractivity contribution in [3.8, 4) is 5.75 Å².